The Balaban J connectivity index is 3.03. The summed E-state index contributed by atoms with van der Waals surface area (Å²) < 4.78 is 0. The first-order valence-corrected chi connectivity index (χ1v) is 4.07. The summed E-state index contributed by atoms with van der Waals surface area (Å²) >= 11 is 0. The molecule has 0 aromatic heterocycles. The fraction of sp³-hybridized carbons (Fsp3) is 0.182. The molecule has 1 aromatic rings. The predicted octanol–water partition coefficient (Wildman–Crippen LogP) is 1.79. The minimum absolute atomic E-state index is 0.182. The summed E-state index contributed by atoms with van der Waals surface area (Å²) in [5.41, 5.74) is 0.697. The van der Waals surface area contributed by atoms with Crippen LogP contribution in [0.1, 0.15) is 19.4 Å². The minimum atomic E-state index is -0.182. The van der Waals surface area contributed by atoms with Crippen LogP contribution in [0.3, 0.4) is 0 Å². The number of Topliss-reactive ketones (excluding diaryl/α,β-unsaturated/α-hetero) is 2. The van der Waals surface area contributed by atoms with E-state index >= 15 is 0 Å². The number of rotatable bonds is 3. The third-order valence-electron chi connectivity index (χ3n) is 1.77. The summed E-state index contributed by atoms with van der Waals surface area (Å²) in [6, 6.07) is 8.99. The van der Waals surface area contributed by atoms with E-state index in [2.05, 4.69) is 0 Å². The Labute approximate surface area is 77.6 Å². The summed E-state index contributed by atoms with van der Waals surface area (Å²) in [5.74, 6) is -0.0852. The lowest BCUT2D eigenvalue weighted by Gasteiger charge is -2.08. The summed E-state index contributed by atoms with van der Waals surface area (Å²) in [4.78, 5) is 22.3. The number of hydrogen-bond acceptors (Lipinski definition) is 2. The van der Waals surface area contributed by atoms with Gasteiger partial charge in [-0.15, -0.1) is 0 Å². The van der Waals surface area contributed by atoms with Crippen molar-refractivity contribution in [3.05, 3.63) is 41.8 Å². The Morgan fingerprint density at radius 1 is 0.923 bits per heavy atom. The molecule has 0 spiro atoms. The van der Waals surface area contributed by atoms with Gasteiger partial charge in [-0.3, -0.25) is 9.59 Å². The zero-order valence-corrected chi connectivity index (χ0v) is 7.70. The molecule has 67 valence electrons. The summed E-state index contributed by atoms with van der Waals surface area (Å²) in [7, 11) is 0. The van der Waals surface area contributed by atoms with Gasteiger partial charge in [-0.1, -0.05) is 30.3 Å². The second kappa shape index (κ2) is 3.99. The summed E-state index contributed by atoms with van der Waals surface area (Å²) in [6.07, 6.45) is 0. The third-order valence-corrected chi connectivity index (χ3v) is 1.77. The standard InChI is InChI=1S/C11H11O2/c1-8(12)11(9(2)13)10-6-4-3-5-7-10/h3-7H,1-2H3. The second-order valence-electron chi connectivity index (χ2n) is 2.85. The molecule has 0 saturated heterocycles. The van der Waals surface area contributed by atoms with Crippen LogP contribution in [-0.2, 0) is 9.59 Å². The first-order valence-electron chi connectivity index (χ1n) is 4.07. The molecule has 0 aliphatic carbocycles. The predicted molar refractivity (Wildman–Crippen MR) is 50.1 cm³/mol. The van der Waals surface area contributed by atoms with Crippen LogP contribution in [0.4, 0.5) is 0 Å². The fourth-order valence-corrected chi connectivity index (χ4v) is 1.26. The van der Waals surface area contributed by atoms with Crippen LogP contribution in [0.15, 0.2) is 30.3 Å². The van der Waals surface area contributed by atoms with E-state index in [1.54, 1.807) is 24.3 Å². The largest absolute Gasteiger partial charge is 0.298 e. The van der Waals surface area contributed by atoms with E-state index in [1.807, 2.05) is 6.07 Å². The lowest BCUT2D eigenvalue weighted by molar-refractivity contribution is -0.121. The van der Waals surface area contributed by atoms with Gasteiger partial charge in [-0.05, 0) is 19.4 Å². The molecule has 1 rings (SSSR count). The fourth-order valence-electron chi connectivity index (χ4n) is 1.26. The van der Waals surface area contributed by atoms with Crippen molar-refractivity contribution in [3.63, 3.8) is 0 Å². The molecule has 2 heteroatoms. The van der Waals surface area contributed by atoms with Crippen LogP contribution in [0.5, 0.6) is 0 Å². The van der Waals surface area contributed by atoms with Crippen LogP contribution in [0, 0.1) is 5.92 Å². The number of ketones is 2. The summed E-state index contributed by atoms with van der Waals surface area (Å²) in [6.45, 7) is 2.81. The zero-order chi connectivity index (χ0) is 9.84. The van der Waals surface area contributed by atoms with E-state index in [0.717, 1.165) is 0 Å². The number of carbonyl (C=O) groups excluding carboxylic acids is 2. The van der Waals surface area contributed by atoms with Gasteiger partial charge in [0, 0.05) is 0 Å². The average Bonchev–Trinajstić information content (AvgIpc) is 2.04. The van der Waals surface area contributed by atoms with Crippen molar-refractivity contribution >= 4 is 11.6 Å². The molecular formula is C11H11O2. The topological polar surface area (TPSA) is 34.1 Å². The van der Waals surface area contributed by atoms with Crippen molar-refractivity contribution in [2.24, 2.45) is 0 Å². The van der Waals surface area contributed by atoms with Crippen molar-refractivity contribution < 1.29 is 9.59 Å². The van der Waals surface area contributed by atoms with Crippen molar-refractivity contribution in [2.45, 2.75) is 13.8 Å². The molecule has 0 heterocycles. The normalized spacial score (nSPS) is 10.1. The quantitative estimate of drug-likeness (QED) is 0.656. The monoisotopic (exact) mass is 175 g/mol. The lowest BCUT2D eigenvalue weighted by Crippen LogP contribution is -2.17. The maximum atomic E-state index is 11.1. The van der Waals surface area contributed by atoms with Gasteiger partial charge in [-0.25, -0.2) is 0 Å². The van der Waals surface area contributed by atoms with E-state index < -0.39 is 0 Å². The maximum absolute atomic E-state index is 11.1. The summed E-state index contributed by atoms with van der Waals surface area (Å²) in [5, 5.41) is 0. The highest BCUT2D eigenvalue weighted by Crippen LogP contribution is 2.15. The van der Waals surface area contributed by atoms with Crippen LogP contribution in [0.25, 0.3) is 0 Å². The SMILES string of the molecule is CC(=O)[C](C(C)=O)c1ccccc1. The molecule has 0 amide bonds. The van der Waals surface area contributed by atoms with E-state index in [9.17, 15) is 9.59 Å². The van der Waals surface area contributed by atoms with Gasteiger partial charge < -0.3 is 0 Å². The molecule has 1 aromatic carbocycles. The van der Waals surface area contributed by atoms with E-state index in [1.165, 1.54) is 13.8 Å². The molecule has 0 N–H and O–H groups in total. The van der Waals surface area contributed by atoms with Crippen LogP contribution in [0.2, 0.25) is 0 Å². The van der Waals surface area contributed by atoms with Gasteiger partial charge in [0.1, 0.15) is 17.5 Å². The van der Waals surface area contributed by atoms with Crippen molar-refractivity contribution in [1.82, 2.24) is 0 Å². The highest BCUT2D eigenvalue weighted by molar-refractivity contribution is 6.18. The third kappa shape index (κ3) is 2.25. The highest BCUT2D eigenvalue weighted by Gasteiger charge is 2.22. The molecule has 0 aliphatic rings. The first kappa shape index (κ1) is 9.65. The molecule has 0 saturated carbocycles. The van der Waals surface area contributed by atoms with Gasteiger partial charge in [0.25, 0.3) is 0 Å². The van der Waals surface area contributed by atoms with E-state index in [4.69, 9.17) is 0 Å². The molecule has 0 atom stereocenters. The van der Waals surface area contributed by atoms with Gasteiger partial charge in [-0.2, -0.15) is 0 Å². The molecular weight excluding hydrogens is 164 g/mol. The minimum Gasteiger partial charge on any atom is -0.298 e. The van der Waals surface area contributed by atoms with Crippen LogP contribution >= 0.6 is 0 Å². The molecule has 2 nitrogen and oxygen atoms in total. The first-order chi connectivity index (χ1) is 6.13. The van der Waals surface area contributed by atoms with Crippen molar-refractivity contribution in [1.29, 1.82) is 0 Å². The molecule has 13 heavy (non-hydrogen) atoms. The van der Waals surface area contributed by atoms with E-state index in [0.29, 0.717) is 5.56 Å². The number of carbonyl (C=O) groups is 2. The molecule has 0 bridgehead atoms. The lowest BCUT2D eigenvalue weighted by atomic mass is 9.92. The molecule has 1 radical (unpaired) electrons. The van der Waals surface area contributed by atoms with Crippen molar-refractivity contribution in [3.8, 4) is 0 Å². The van der Waals surface area contributed by atoms with Gasteiger partial charge in [0.15, 0.2) is 0 Å². The Kier molecular flexibility index (Phi) is 2.96. The second-order valence-corrected chi connectivity index (χ2v) is 2.85. The van der Waals surface area contributed by atoms with Crippen LogP contribution < -0.4 is 0 Å². The molecule has 0 fully saturated rings. The van der Waals surface area contributed by atoms with Gasteiger partial charge in [0.2, 0.25) is 0 Å². The van der Waals surface area contributed by atoms with Crippen LogP contribution in [-0.4, -0.2) is 11.6 Å². The average molecular weight is 175 g/mol. The Morgan fingerprint density at radius 3 is 1.77 bits per heavy atom. The number of benzene rings is 1. The highest BCUT2D eigenvalue weighted by atomic mass is 16.1. The van der Waals surface area contributed by atoms with Gasteiger partial charge in [0.05, 0.1) is 0 Å². The maximum Gasteiger partial charge on any atom is 0.149 e. The zero-order valence-electron chi connectivity index (χ0n) is 7.70. The van der Waals surface area contributed by atoms with Crippen molar-refractivity contribution in [2.75, 3.05) is 0 Å². The molecule has 0 aliphatic heterocycles. The van der Waals surface area contributed by atoms with E-state index in [-0.39, 0.29) is 17.5 Å². The van der Waals surface area contributed by atoms with Gasteiger partial charge >= 0.3 is 0 Å². The number of hydrogen-bond donors (Lipinski definition) is 0. The Hall–Kier alpha value is -1.44. The Morgan fingerprint density at radius 2 is 1.38 bits per heavy atom. The molecule has 0 unspecified atom stereocenters. The Bertz CT molecular complexity index is 300. The smallest absolute Gasteiger partial charge is 0.149 e.